The van der Waals surface area contributed by atoms with E-state index in [2.05, 4.69) is 4.52 Å². The van der Waals surface area contributed by atoms with Gasteiger partial charge in [0.25, 0.3) is 0 Å². The number of nitrogens with zero attached hydrogens (tertiary/aromatic N) is 1. The molecule has 1 aromatic rings. The topological polar surface area (TPSA) is 69.6 Å². The van der Waals surface area contributed by atoms with E-state index in [-0.39, 0.29) is 17.4 Å². The normalized spacial score (nSPS) is 18.0. The maximum atomic E-state index is 11.6. The number of likely N-dealkylation sites (N-methyl/N-ethyl adjacent to an activating group) is 1. The Hall–Kier alpha value is -0.710. The maximum Gasteiger partial charge on any atom is 0.189 e. The van der Waals surface area contributed by atoms with Gasteiger partial charge in [0, 0.05) is 12.7 Å². The van der Waals surface area contributed by atoms with E-state index in [1.54, 1.807) is 7.05 Å². The molecule has 6 heteroatoms. The number of benzene rings is 1. The molecule has 0 aliphatic carbocycles. The molecule has 0 amide bonds. The van der Waals surface area contributed by atoms with Crippen LogP contribution in [0.25, 0.3) is 0 Å². The van der Waals surface area contributed by atoms with E-state index in [1.807, 2.05) is 30.3 Å². The summed E-state index contributed by atoms with van der Waals surface area (Å²) in [6.45, 7) is 0.842. The molecular formula is C12H20NO4P. The third-order valence-electron chi connectivity index (χ3n) is 2.84. The Bertz CT molecular complexity index is 412. The van der Waals surface area contributed by atoms with Crippen molar-refractivity contribution in [1.29, 1.82) is 0 Å². The molecule has 18 heavy (non-hydrogen) atoms. The van der Waals surface area contributed by atoms with Crippen molar-refractivity contribution in [3.05, 3.63) is 35.9 Å². The first-order valence-electron chi connectivity index (χ1n) is 5.75. The van der Waals surface area contributed by atoms with Gasteiger partial charge in [0.15, 0.2) is 7.60 Å². The summed E-state index contributed by atoms with van der Waals surface area (Å²) in [5.74, 6) is 0. The Morgan fingerprint density at radius 3 is 2.50 bits per heavy atom. The van der Waals surface area contributed by atoms with Crippen LogP contribution >= 0.6 is 7.60 Å². The van der Waals surface area contributed by atoms with Gasteiger partial charge in [0.2, 0.25) is 0 Å². The number of hydrogen-bond donors (Lipinski definition) is 1. The average molecular weight is 273 g/mol. The van der Waals surface area contributed by atoms with Gasteiger partial charge < -0.3 is 23.6 Å². The van der Waals surface area contributed by atoms with Gasteiger partial charge in [-0.2, -0.15) is 0 Å². The Balaban J connectivity index is 2.83. The van der Waals surface area contributed by atoms with E-state index in [9.17, 15) is 9.46 Å². The van der Waals surface area contributed by atoms with Gasteiger partial charge >= 0.3 is 0 Å². The fraction of sp³-hybridized carbons (Fsp3) is 0.500. The maximum absolute atomic E-state index is 11.6. The summed E-state index contributed by atoms with van der Waals surface area (Å²) >= 11 is 0. The number of aliphatic hydroxyl groups is 1. The average Bonchev–Trinajstić information content (AvgIpc) is 2.29. The third kappa shape index (κ3) is 4.88. The van der Waals surface area contributed by atoms with Crippen molar-refractivity contribution in [2.24, 2.45) is 0 Å². The summed E-state index contributed by atoms with van der Waals surface area (Å²) in [7, 11) is -0.886. The molecule has 0 saturated heterocycles. The minimum absolute atomic E-state index is 0.0625. The monoisotopic (exact) mass is 273 g/mol. The van der Waals surface area contributed by atoms with Crippen LogP contribution in [-0.2, 0) is 15.6 Å². The van der Waals surface area contributed by atoms with E-state index in [0.29, 0.717) is 13.1 Å². The highest BCUT2D eigenvalue weighted by atomic mass is 31.2. The molecule has 1 N–H and O–H groups in total. The molecule has 1 aromatic carbocycles. The lowest BCUT2D eigenvalue weighted by atomic mass is 10.2. The van der Waals surface area contributed by atoms with Gasteiger partial charge in [0.1, 0.15) is 19.4 Å². The van der Waals surface area contributed by atoms with Crippen LogP contribution in [0.5, 0.6) is 0 Å². The largest absolute Gasteiger partial charge is 0.774 e. The first-order chi connectivity index (χ1) is 8.41. The van der Waals surface area contributed by atoms with Gasteiger partial charge in [-0.15, -0.1) is 0 Å². The molecule has 0 bridgehead atoms. The zero-order valence-electron chi connectivity index (χ0n) is 10.8. The summed E-state index contributed by atoms with van der Waals surface area (Å²) in [5, 5.41) is 9.10. The van der Waals surface area contributed by atoms with Crippen molar-refractivity contribution >= 4 is 7.60 Å². The minimum atomic E-state index is -3.85. The number of hydrogen-bond acceptors (Lipinski definition) is 4. The van der Waals surface area contributed by atoms with Crippen molar-refractivity contribution in [3.8, 4) is 0 Å². The summed E-state index contributed by atoms with van der Waals surface area (Å²) in [5.41, 5.74) is 1.03. The zero-order chi connectivity index (χ0) is 13.6. The molecule has 0 saturated carbocycles. The SMILES string of the molecule is COP(=O)([O-])C[N+](C)(CCO)Cc1ccccc1. The van der Waals surface area contributed by atoms with Gasteiger partial charge in [0.05, 0.1) is 13.7 Å². The summed E-state index contributed by atoms with van der Waals surface area (Å²) < 4.78 is 16.3. The van der Waals surface area contributed by atoms with Crippen LogP contribution in [0.4, 0.5) is 0 Å². The minimum Gasteiger partial charge on any atom is -0.774 e. The van der Waals surface area contributed by atoms with Crippen molar-refractivity contribution in [2.45, 2.75) is 6.54 Å². The lowest BCUT2D eigenvalue weighted by molar-refractivity contribution is -0.913. The van der Waals surface area contributed by atoms with Gasteiger partial charge in [-0.3, -0.25) is 0 Å². The Morgan fingerprint density at radius 2 is 2.00 bits per heavy atom. The number of aliphatic hydroxyl groups excluding tert-OH is 1. The van der Waals surface area contributed by atoms with Crippen molar-refractivity contribution in [3.63, 3.8) is 0 Å². The van der Waals surface area contributed by atoms with Crippen LogP contribution in [0.1, 0.15) is 5.56 Å². The fourth-order valence-corrected chi connectivity index (χ4v) is 3.13. The van der Waals surface area contributed by atoms with Crippen LogP contribution in [0, 0.1) is 0 Å². The van der Waals surface area contributed by atoms with Crippen LogP contribution in [0.2, 0.25) is 0 Å². The van der Waals surface area contributed by atoms with Crippen LogP contribution in [0.3, 0.4) is 0 Å². The first kappa shape index (κ1) is 15.3. The number of quaternary nitrogens is 1. The molecule has 2 atom stereocenters. The molecule has 0 aliphatic rings. The third-order valence-corrected chi connectivity index (χ3v) is 4.43. The van der Waals surface area contributed by atoms with Crippen LogP contribution in [-0.4, -0.2) is 43.2 Å². The van der Waals surface area contributed by atoms with Gasteiger partial charge in [-0.25, -0.2) is 0 Å². The predicted molar refractivity (Wildman–Crippen MR) is 67.8 cm³/mol. The second-order valence-corrected chi connectivity index (χ2v) is 6.52. The Labute approximate surface area is 108 Å². The van der Waals surface area contributed by atoms with E-state index in [4.69, 9.17) is 5.11 Å². The Morgan fingerprint density at radius 1 is 1.39 bits per heavy atom. The second-order valence-electron chi connectivity index (χ2n) is 4.65. The van der Waals surface area contributed by atoms with Crippen molar-refractivity contribution in [2.75, 3.05) is 33.6 Å². The highest BCUT2D eigenvalue weighted by molar-refractivity contribution is 7.51. The fourth-order valence-electron chi connectivity index (χ4n) is 1.94. The van der Waals surface area contributed by atoms with E-state index in [0.717, 1.165) is 5.56 Å². The first-order valence-corrected chi connectivity index (χ1v) is 7.48. The molecule has 0 fully saturated rings. The summed E-state index contributed by atoms with van der Waals surface area (Å²) in [6, 6.07) is 9.61. The quantitative estimate of drug-likeness (QED) is 0.589. The Kier molecular flexibility index (Phi) is 5.50. The highest BCUT2D eigenvalue weighted by Gasteiger charge is 2.27. The van der Waals surface area contributed by atoms with E-state index in [1.165, 1.54) is 7.11 Å². The van der Waals surface area contributed by atoms with Gasteiger partial charge in [-0.1, -0.05) is 30.3 Å². The molecule has 0 radical (unpaired) electrons. The lowest BCUT2D eigenvalue weighted by Gasteiger charge is -2.38. The second kappa shape index (κ2) is 6.45. The predicted octanol–water partition coefficient (Wildman–Crippen LogP) is 0.783. The molecule has 1 rings (SSSR count). The standard InChI is InChI=1S/C12H20NO4P/c1-13(8-9-14,11-18(15,16)17-2)10-12-6-4-3-5-7-12/h3-7,14H,8-11H2,1-2H3. The van der Waals surface area contributed by atoms with Crippen molar-refractivity contribution < 1.29 is 23.6 Å². The molecular weight excluding hydrogens is 253 g/mol. The van der Waals surface area contributed by atoms with Gasteiger partial charge in [-0.05, 0) is 0 Å². The van der Waals surface area contributed by atoms with Crippen LogP contribution in [0.15, 0.2) is 30.3 Å². The smallest absolute Gasteiger partial charge is 0.189 e. The highest BCUT2D eigenvalue weighted by Crippen LogP contribution is 2.39. The molecule has 102 valence electrons. The van der Waals surface area contributed by atoms with Crippen molar-refractivity contribution in [1.82, 2.24) is 0 Å². The zero-order valence-corrected chi connectivity index (χ0v) is 11.7. The van der Waals surface area contributed by atoms with E-state index >= 15 is 0 Å². The van der Waals surface area contributed by atoms with Crippen LogP contribution < -0.4 is 4.89 Å². The summed E-state index contributed by atoms with van der Waals surface area (Å²) in [4.78, 5) is 11.6. The summed E-state index contributed by atoms with van der Waals surface area (Å²) in [6.07, 6.45) is -0.126. The molecule has 5 nitrogen and oxygen atoms in total. The lowest BCUT2D eigenvalue weighted by Crippen LogP contribution is -2.47. The van der Waals surface area contributed by atoms with E-state index < -0.39 is 7.60 Å². The molecule has 0 aliphatic heterocycles. The molecule has 2 unspecified atom stereocenters. The number of rotatable bonds is 7. The molecule has 0 heterocycles. The molecule has 0 spiro atoms. The molecule has 0 aromatic heterocycles.